The molecule has 0 bridgehead atoms. The van der Waals surface area contributed by atoms with Gasteiger partial charge in [-0.2, -0.15) is 0 Å². The number of allylic oxidation sites excluding steroid dienone is 2. The molecule has 0 amide bonds. The Morgan fingerprint density at radius 3 is 2.38 bits per heavy atom. The van der Waals surface area contributed by atoms with Crippen LogP contribution in [-0.4, -0.2) is 8.07 Å². The second kappa shape index (κ2) is 3.27. The van der Waals surface area contributed by atoms with E-state index in [0.29, 0.717) is 0 Å². The van der Waals surface area contributed by atoms with Crippen molar-refractivity contribution in [2.24, 2.45) is 11.8 Å². The molecule has 0 aromatic rings. The van der Waals surface area contributed by atoms with Crippen molar-refractivity contribution in [3.8, 4) is 0 Å². The molecule has 2 aliphatic carbocycles. The molecule has 3 atom stereocenters. The molecule has 1 unspecified atom stereocenters. The number of hydrogen-bond donors (Lipinski definition) is 0. The van der Waals surface area contributed by atoms with Crippen LogP contribution in [0.4, 0.5) is 0 Å². The first kappa shape index (κ1) is 9.51. The molecule has 0 radical (unpaired) electrons. The molecule has 2 aliphatic rings. The fourth-order valence-corrected chi connectivity index (χ4v) is 5.60. The summed E-state index contributed by atoms with van der Waals surface area (Å²) in [5.41, 5.74) is 0.984. The summed E-state index contributed by atoms with van der Waals surface area (Å²) in [5, 5.41) is 0. The van der Waals surface area contributed by atoms with E-state index in [-0.39, 0.29) is 0 Å². The zero-order valence-electron chi connectivity index (χ0n) is 9.22. The van der Waals surface area contributed by atoms with Gasteiger partial charge in [0.2, 0.25) is 0 Å². The molecule has 1 heteroatoms. The van der Waals surface area contributed by atoms with Crippen LogP contribution in [0.5, 0.6) is 0 Å². The predicted octanol–water partition coefficient (Wildman–Crippen LogP) is 4.07. The van der Waals surface area contributed by atoms with E-state index in [1.807, 2.05) is 0 Å². The van der Waals surface area contributed by atoms with Gasteiger partial charge in [0.05, 0.1) is 8.07 Å². The van der Waals surface area contributed by atoms with Gasteiger partial charge in [-0.1, -0.05) is 44.6 Å². The molecule has 0 saturated heterocycles. The Balaban J connectivity index is 2.11. The molecule has 2 rings (SSSR count). The Kier molecular flexibility index (Phi) is 2.39. The van der Waals surface area contributed by atoms with Crippen LogP contribution in [0.3, 0.4) is 0 Å². The normalized spacial score (nSPS) is 39.2. The van der Waals surface area contributed by atoms with Gasteiger partial charge in [-0.3, -0.25) is 0 Å². The second-order valence-electron chi connectivity index (χ2n) is 5.89. The van der Waals surface area contributed by atoms with E-state index >= 15 is 0 Å². The summed E-state index contributed by atoms with van der Waals surface area (Å²) in [5.74, 6) is 2.01. The van der Waals surface area contributed by atoms with Crippen LogP contribution in [0.15, 0.2) is 12.2 Å². The average molecular weight is 194 g/mol. The third kappa shape index (κ3) is 1.76. The quantitative estimate of drug-likeness (QED) is 0.436. The molecular weight excluding hydrogens is 172 g/mol. The Morgan fingerprint density at radius 1 is 1.00 bits per heavy atom. The standard InChI is InChI=1S/C12H22Si/c1-13(2,3)12-9-8-10-6-4-5-7-11(10)12/h8-12H,4-7H2,1-3H3/t10-,11-,12?/m0/s1. The lowest BCUT2D eigenvalue weighted by Crippen LogP contribution is -2.33. The van der Waals surface area contributed by atoms with Gasteiger partial charge in [-0.05, 0) is 30.2 Å². The molecule has 0 nitrogen and oxygen atoms in total. The minimum absolute atomic E-state index is 0.919. The van der Waals surface area contributed by atoms with Crippen molar-refractivity contribution < 1.29 is 0 Å². The Bertz CT molecular complexity index is 212. The highest BCUT2D eigenvalue weighted by molar-refractivity contribution is 6.78. The fourth-order valence-electron chi connectivity index (χ4n) is 3.21. The highest BCUT2D eigenvalue weighted by Crippen LogP contribution is 2.48. The summed E-state index contributed by atoms with van der Waals surface area (Å²) < 4.78 is 0. The van der Waals surface area contributed by atoms with Crippen LogP contribution in [0, 0.1) is 11.8 Å². The monoisotopic (exact) mass is 194 g/mol. The molecule has 0 spiro atoms. The van der Waals surface area contributed by atoms with Crippen LogP contribution in [0.25, 0.3) is 0 Å². The first-order chi connectivity index (χ1) is 6.09. The summed E-state index contributed by atoms with van der Waals surface area (Å²) in [6, 6.07) is 0. The fraction of sp³-hybridized carbons (Fsp3) is 0.833. The van der Waals surface area contributed by atoms with Crippen molar-refractivity contribution in [3.05, 3.63) is 12.2 Å². The summed E-state index contributed by atoms with van der Waals surface area (Å²) >= 11 is 0. The molecule has 1 fully saturated rings. The predicted molar refractivity (Wildman–Crippen MR) is 61.7 cm³/mol. The van der Waals surface area contributed by atoms with E-state index in [2.05, 4.69) is 31.8 Å². The molecule has 0 heterocycles. The minimum Gasteiger partial charge on any atom is -0.0875 e. The maximum absolute atomic E-state index is 2.56. The average Bonchev–Trinajstić information content (AvgIpc) is 2.45. The Hall–Kier alpha value is -0.0431. The third-order valence-corrected chi connectivity index (χ3v) is 6.52. The molecule has 13 heavy (non-hydrogen) atoms. The van der Waals surface area contributed by atoms with E-state index in [4.69, 9.17) is 0 Å². The highest BCUT2D eigenvalue weighted by atomic mass is 28.3. The largest absolute Gasteiger partial charge is 0.0875 e. The van der Waals surface area contributed by atoms with E-state index < -0.39 is 8.07 Å². The summed E-state index contributed by atoms with van der Waals surface area (Å²) in [6.07, 6.45) is 11.0. The third-order valence-electron chi connectivity index (χ3n) is 3.90. The van der Waals surface area contributed by atoms with Crippen molar-refractivity contribution in [2.75, 3.05) is 0 Å². The number of hydrogen-bond acceptors (Lipinski definition) is 0. The van der Waals surface area contributed by atoms with E-state index in [9.17, 15) is 0 Å². The first-order valence-electron chi connectivity index (χ1n) is 5.77. The van der Waals surface area contributed by atoms with Gasteiger partial charge in [-0.15, -0.1) is 0 Å². The summed E-state index contributed by atoms with van der Waals surface area (Å²) in [6.45, 7) is 7.58. The van der Waals surface area contributed by atoms with Gasteiger partial charge in [0.15, 0.2) is 0 Å². The second-order valence-corrected chi connectivity index (χ2v) is 11.3. The van der Waals surface area contributed by atoms with Gasteiger partial charge in [-0.25, -0.2) is 0 Å². The van der Waals surface area contributed by atoms with E-state index in [1.165, 1.54) is 25.7 Å². The zero-order chi connectivity index (χ0) is 9.47. The van der Waals surface area contributed by atoms with Crippen molar-refractivity contribution in [3.63, 3.8) is 0 Å². The van der Waals surface area contributed by atoms with Gasteiger partial charge in [0.1, 0.15) is 0 Å². The lowest BCUT2D eigenvalue weighted by molar-refractivity contribution is 0.301. The maximum Gasteiger partial charge on any atom is 0.0517 e. The molecule has 0 aromatic heterocycles. The van der Waals surface area contributed by atoms with Crippen molar-refractivity contribution in [2.45, 2.75) is 50.9 Å². The molecular formula is C12H22Si. The highest BCUT2D eigenvalue weighted by Gasteiger charge is 2.39. The Morgan fingerprint density at radius 2 is 1.69 bits per heavy atom. The molecule has 0 aliphatic heterocycles. The summed E-state index contributed by atoms with van der Waals surface area (Å²) in [4.78, 5) is 0. The van der Waals surface area contributed by atoms with Crippen molar-refractivity contribution >= 4 is 8.07 Å². The van der Waals surface area contributed by atoms with Crippen LogP contribution in [-0.2, 0) is 0 Å². The minimum atomic E-state index is -0.919. The zero-order valence-corrected chi connectivity index (χ0v) is 10.2. The van der Waals surface area contributed by atoms with Crippen LogP contribution in [0.2, 0.25) is 25.2 Å². The topological polar surface area (TPSA) is 0 Å². The first-order valence-corrected chi connectivity index (χ1v) is 9.35. The maximum atomic E-state index is 2.56. The van der Waals surface area contributed by atoms with Crippen molar-refractivity contribution in [1.29, 1.82) is 0 Å². The van der Waals surface area contributed by atoms with E-state index in [1.54, 1.807) is 0 Å². The summed E-state index contributed by atoms with van der Waals surface area (Å²) in [7, 11) is -0.919. The smallest absolute Gasteiger partial charge is 0.0517 e. The number of fused-ring (bicyclic) bond motifs is 1. The molecule has 0 N–H and O–H groups in total. The van der Waals surface area contributed by atoms with E-state index in [0.717, 1.165) is 17.4 Å². The van der Waals surface area contributed by atoms with Gasteiger partial charge in [0.25, 0.3) is 0 Å². The Labute approximate surface area is 83.4 Å². The van der Waals surface area contributed by atoms with Crippen molar-refractivity contribution in [1.82, 2.24) is 0 Å². The van der Waals surface area contributed by atoms with Crippen LogP contribution < -0.4 is 0 Å². The van der Waals surface area contributed by atoms with Crippen LogP contribution >= 0.6 is 0 Å². The van der Waals surface area contributed by atoms with Crippen LogP contribution in [0.1, 0.15) is 25.7 Å². The van der Waals surface area contributed by atoms with Gasteiger partial charge >= 0.3 is 0 Å². The lowest BCUT2D eigenvalue weighted by Gasteiger charge is -2.35. The lowest BCUT2D eigenvalue weighted by atomic mass is 9.81. The van der Waals surface area contributed by atoms with Gasteiger partial charge in [0, 0.05) is 0 Å². The van der Waals surface area contributed by atoms with Gasteiger partial charge < -0.3 is 0 Å². The molecule has 1 saturated carbocycles. The number of rotatable bonds is 1. The molecule has 0 aromatic carbocycles. The molecule has 74 valence electrons. The SMILES string of the molecule is C[Si](C)(C)C1C=C[C@@H]2CCCC[C@H]12.